The Morgan fingerprint density at radius 1 is 1.36 bits per heavy atom. The molecule has 1 N–H and O–H groups in total. The number of hydrogen-bond acceptors (Lipinski definition) is 2. The van der Waals surface area contributed by atoms with Crippen LogP contribution in [0, 0.1) is 0 Å². The first kappa shape index (κ1) is 9.41. The van der Waals surface area contributed by atoms with Crippen molar-refractivity contribution in [1.82, 2.24) is 5.32 Å². The second-order valence-corrected chi connectivity index (χ2v) is 3.90. The fourth-order valence-corrected chi connectivity index (χ4v) is 1.94. The van der Waals surface area contributed by atoms with Crippen molar-refractivity contribution in [2.24, 2.45) is 0 Å². The molecule has 2 nitrogen and oxygen atoms in total. The zero-order valence-corrected chi connectivity index (χ0v) is 8.42. The van der Waals surface area contributed by atoms with Gasteiger partial charge in [-0.2, -0.15) is 0 Å². The van der Waals surface area contributed by atoms with Crippen molar-refractivity contribution in [3.8, 4) is 0 Å². The Kier molecular flexibility index (Phi) is 2.38. The Morgan fingerprint density at radius 3 is 2.50 bits per heavy atom. The second kappa shape index (κ2) is 3.54. The van der Waals surface area contributed by atoms with E-state index in [9.17, 15) is 4.79 Å². The van der Waals surface area contributed by atoms with E-state index in [1.807, 2.05) is 25.2 Å². The van der Waals surface area contributed by atoms with E-state index in [0.29, 0.717) is 12.3 Å². The van der Waals surface area contributed by atoms with Crippen molar-refractivity contribution in [1.29, 1.82) is 0 Å². The average Bonchev–Trinajstić information content (AvgIpc) is 3.00. The van der Waals surface area contributed by atoms with E-state index < -0.39 is 0 Å². The molecule has 0 unspecified atom stereocenters. The van der Waals surface area contributed by atoms with Gasteiger partial charge in [0.25, 0.3) is 0 Å². The quantitative estimate of drug-likeness (QED) is 0.777. The molecule has 0 atom stereocenters. The molecule has 1 aliphatic carbocycles. The van der Waals surface area contributed by atoms with Gasteiger partial charge in [-0.05, 0) is 25.5 Å². The van der Waals surface area contributed by atoms with Crippen LogP contribution in [0.3, 0.4) is 0 Å². The monoisotopic (exact) mass is 189 g/mol. The number of carbonyl (C=O) groups is 1. The van der Waals surface area contributed by atoms with Crippen LogP contribution in [0.25, 0.3) is 0 Å². The van der Waals surface area contributed by atoms with Crippen molar-refractivity contribution >= 4 is 5.78 Å². The highest BCUT2D eigenvalue weighted by Crippen LogP contribution is 2.48. The average molecular weight is 189 g/mol. The van der Waals surface area contributed by atoms with Crippen molar-refractivity contribution in [3.05, 3.63) is 35.9 Å². The van der Waals surface area contributed by atoms with E-state index in [-0.39, 0.29) is 5.41 Å². The molecule has 0 aliphatic heterocycles. The fourth-order valence-electron chi connectivity index (χ4n) is 1.94. The largest absolute Gasteiger partial charge is 0.313 e. The summed E-state index contributed by atoms with van der Waals surface area (Å²) in [6, 6.07) is 10.1. The van der Waals surface area contributed by atoms with Crippen LogP contribution in [-0.2, 0) is 10.2 Å². The number of likely N-dealkylation sites (N-methyl/N-ethyl adjacent to an activating group) is 1. The third-order valence-corrected chi connectivity index (χ3v) is 2.95. The van der Waals surface area contributed by atoms with E-state index in [0.717, 1.165) is 12.8 Å². The summed E-state index contributed by atoms with van der Waals surface area (Å²) in [4.78, 5) is 11.9. The number of benzene rings is 1. The molecule has 0 bridgehead atoms. The van der Waals surface area contributed by atoms with Crippen molar-refractivity contribution < 1.29 is 4.79 Å². The molecule has 0 spiro atoms. The van der Waals surface area contributed by atoms with Crippen LogP contribution < -0.4 is 5.32 Å². The van der Waals surface area contributed by atoms with Crippen LogP contribution in [-0.4, -0.2) is 19.4 Å². The topological polar surface area (TPSA) is 29.1 Å². The zero-order chi connectivity index (χ0) is 10.0. The van der Waals surface area contributed by atoms with Gasteiger partial charge in [-0.15, -0.1) is 0 Å². The molecule has 0 aromatic heterocycles. The lowest BCUT2D eigenvalue weighted by Crippen LogP contribution is -2.29. The van der Waals surface area contributed by atoms with Crippen molar-refractivity contribution in [3.63, 3.8) is 0 Å². The minimum Gasteiger partial charge on any atom is -0.313 e. The lowest BCUT2D eigenvalue weighted by Gasteiger charge is -2.13. The third-order valence-electron chi connectivity index (χ3n) is 2.95. The number of Topliss-reactive ketones (excluding diaryl/α,β-unsaturated/α-hetero) is 1. The molecule has 1 aromatic carbocycles. The minimum absolute atomic E-state index is 0.149. The number of carbonyl (C=O) groups excluding carboxylic acids is 1. The van der Waals surface area contributed by atoms with Gasteiger partial charge in [-0.3, -0.25) is 4.79 Å². The van der Waals surface area contributed by atoms with Crippen LogP contribution in [0.2, 0.25) is 0 Å². The van der Waals surface area contributed by atoms with E-state index in [1.54, 1.807) is 0 Å². The summed E-state index contributed by atoms with van der Waals surface area (Å²) in [5.41, 5.74) is 1.03. The highest BCUT2D eigenvalue weighted by Gasteiger charge is 2.49. The van der Waals surface area contributed by atoms with Crippen LogP contribution in [0.4, 0.5) is 0 Å². The summed E-state index contributed by atoms with van der Waals surface area (Å²) >= 11 is 0. The summed E-state index contributed by atoms with van der Waals surface area (Å²) in [7, 11) is 1.82. The summed E-state index contributed by atoms with van der Waals surface area (Å²) in [6.45, 7) is 0.481. The summed E-state index contributed by atoms with van der Waals surface area (Å²) in [5.74, 6) is 0.325. The van der Waals surface area contributed by atoms with E-state index >= 15 is 0 Å². The molecule has 74 valence electrons. The molecule has 1 aromatic rings. The molecule has 0 amide bonds. The summed E-state index contributed by atoms with van der Waals surface area (Å²) in [5, 5.41) is 2.93. The van der Waals surface area contributed by atoms with Gasteiger partial charge in [-0.25, -0.2) is 0 Å². The Labute approximate surface area is 84.3 Å². The Bertz CT molecular complexity index is 327. The molecule has 1 aliphatic rings. The first-order chi connectivity index (χ1) is 6.79. The highest BCUT2D eigenvalue weighted by molar-refractivity contribution is 5.94. The van der Waals surface area contributed by atoms with Crippen LogP contribution >= 0.6 is 0 Å². The van der Waals surface area contributed by atoms with Gasteiger partial charge in [0, 0.05) is 0 Å². The smallest absolute Gasteiger partial charge is 0.157 e. The van der Waals surface area contributed by atoms with Gasteiger partial charge >= 0.3 is 0 Å². The van der Waals surface area contributed by atoms with Gasteiger partial charge in [0.2, 0.25) is 0 Å². The maximum Gasteiger partial charge on any atom is 0.157 e. The molecular formula is C12H15NO. The number of ketones is 1. The summed E-state index contributed by atoms with van der Waals surface area (Å²) < 4.78 is 0. The first-order valence-corrected chi connectivity index (χ1v) is 5.03. The maximum absolute atomic E-state index is 11.9. The molecule has 0 heterocycles. The fraction of sp³-hybridized carbons (Fsp3) is 0.417. The van der Waals surface area contributed by atoms with E-state index in [1.165, 1.54) is 5.56 Å². The van der Waals surface area contributed by atoms with Gasteiger partial charge in [0.15, 0.2) is 5.78 Å². The molecule has 2 heteroatoms. The zero-order valence-electron chi connectivity index (χ0n) is 8.42. The van der Waals surface area contributed by atoms with Crippen LogP contribution in [0.1, 0.15) is 18.4 Å². The van der Waals surface area contributed by atoms with Crippen LogP contribution in [0.15, 0.2) is 30.3 Å². The SMILES string of the molecule is CNCC(=O)C1(c2ccccc2)CC1. The molecule has 1 fully saturated rings. The van der Waals surface area contributed by atoms with E-state index in [2.05, 4.69) is 17.4 Å². The summed E-state index contributed by atoms with van der Waals surface area (Å²) in [6.07, 6.45) is 2.02. The first-order valence-electron chi connectivity index (χ1n) is 5.03. The van der Waals surface area contributed by atoms with Gasteiger partial charge in [0.1, 0.15) is 0 Å². The van der Waals surface area contributed by atoms with Crippen molar-refractivity contribution in [2.75, 3.05) is 13.6 Å². The number of rotatable bonds is 4. The number of hydrogen-bond donors (Lipinski definition) is 1. The van der Waals surface area contributed by atoms with Gasteiger partial charge in [-0.1, -0.05) is 30.3 Å². The molecule has 14 heavy (non-hydrogen) atoms. The predicted molar refractivity (Wildman–Crippen MR) is 56.3 cm³/mol. The second-order valence-electron chi connectivity index (χ2n) is 3.90. The lowest BCUT2D eigenvalue weighted by atomic mass is 9.91. The molecule has 0 radical (unpaired) electrons. The normalized spacial score (nSPS) is 17.8. The Balaban J connectivity index is 2.21. The van der Waals surface area contributed by atoms with Gasteiger partial charge < -0.3 is 5.32 Å². The molecule has 0 saturated heterocycles. The van der Waals surface area contributed by atoms with Crippen LogP contribution in [0.5, 0.6) is 0 Å². The standard InChI is InChI=1S/C12H15NO/c1-13-9-11(14)12(7-8-12)10-5-3-2-4-6-10/h2-6,13H,7-9H2,1H3. The third kappa shape index (κ3) is 1.46. The maximum atomic E-state index is 11.9. The Morgan fingerprint density at radius 2 is 2.00 bits per heavy atom. The highest BCUT2D eigenvalue weighted by atomic mass is 16.1. The molecule has 1 saturated carbocycles. The van der Waals surface area contributed by atoms with Crippen molar-refractivity contribution in [2.45, 2.75) is 18.3 Å². The Hall–Kier alpha value is -1.15. The lowest BCUT2D eigenvalue weighted by molar-refractivity contribution is -0.120. The molecule has 2 rings (SSSR count). The number of nitrogens with one attached hydrogen (secondary N) is 1. The predicted octanol–water partition coefficient (Wildman–Crippen LogP) is 1.51. The van der Waals surface area contributed by atoms with Gasteiger partial charge in [0.05, 0.1) is 12.0 Å². The molecular weight excluding hydrogens is 174 g/mol. The van der Waals surface area contributed by atoms with E-state index in [4.69, 9.17) is 0 Å². The minimum atomic E-state index is -0.149.